The fourth-order valence-electron chi connectivity index (χ4n) is 5.72. The molecule has 2 heterocycles. The quantitative estimate of drug-likeness (QED) is 0.185. The van der Waals surface area contributed by atoms with Gasteiger partial charge in [-0.1, -0.05) is 59.6 Å². The van der Waals surface area contributed by atoms with Gasteiger partial charge in [0.25, 0.3) is 5.56 Å². The van der Waals surface area contributed by atoms with Gasteiger partial charge in [-0.25, -0.2) is 4.98 Å². The first-order valence-corrected chi connectivity index (χ1v) is 15.9. The van der Waals surface area contributed by atoms with Crippen LogP contribution in [0.5, 0.6) is 11.5 Å². The molecule has 0 atom stereocenters. The SMILES string of the molecule is COc1ccc(-n2c(=O)cc(C#C[Si](C(C)C)(C(C)C)C(C)C)c3cnc(Nc4ccccc4OC)nc32)cc1. The molecule has 0 fully saturated rings. The number of rotatable bonds is 8. The Labute approximate surface area is 237 Å². The van der Waals surface area contributed by atoms with Crippen LogP contribution in [0.1, 0.15) is 47.1 Å². The van der Waals surface area contributed by atoms with Crippen molar-refractivity contribution in [1.29, 1.82) is 0 Å². The molecule has 40 heavy (non-hydrogen) atoms. The Kier molecular flexibility index (Phi) is 8.65. The highest BCUT2D eigenvalue weighted by molar-refractivity contribution is 6.90. The molecule has 0 aliphatic rings. The van der Waals surface area contributed by atoms with Crippen LogP contribution in [-0.4, -0.2) is 36.8 Å². The van der Waals surface area contributed by atoms with Crippen molar-refractivity contribution in [2.24, 2.45) is 0 Å². The van der Waals surface area contributed by atoms with E-state index < -0.39 is 8.07 Å². The van der Waals surface area contributed by atoms with Crippen LogP contribution in [-0.2, 0) is 0 Å². The van der Waals surface area contributed by atoms with Gasteiger partial charge < -0.3 is 14.8 Å². The number of para-hydroxylation sites is 2. The number of benzene rings is 2. The molecule has 4 aromatic rings. The second-order valence-electron chi connectivity index (χ2n) is 10.8. The van der Waals surface area contributed by atoms with Gasteiger partial charge in [-0.3, -0.25) is 9.36 Å². The van der Waals surface area contributed by atoms with Crippen molar-refractivity contribution in [3.05, 3.63) is 76.7 Å². The summed E-state index contributed by atoms with van der Waals surface area (Å²) in [5.74, 6) is 5.17. The van der Waals surface area contributed by atoms with Crippen LogP contribution >= 0.6 is 0 Å². The summed E-state index contributed by atoms with van der Waals surface area (Å²) in [6.07, 6.45) is 1.74. The highest BCUT2D eigenvalue weighted by atomic mass is 28.3. The Balaban J connectivity index is 1.96. The average Bonchev–Trinajstić information content (AvgIpc) is 2.93. The van der Waals surface area contributed by atoms with Gasteiger partial charge >= 0.3 is 0 Å². The third-order valence-electron chi connectivity index (χ3n) is 7.72. The molecule has 0 saturated heterocycles. The predicted molar refractivity (Wildman–Crippen MR) is 166 cm³/mol. The van der Waals surface area contributed by atoms with Crippen LogP contribution in [0.3, 0.4) is 0 Å². The molecule has 0 radical (unpaired) electrons. The Morgan fingerprint density at radius 3 is 2.15 bits per heavy atom. The number of aromatic nitrogens is 3. The van der Waals surface area contributed by atoms with Crippen LogP contribution in [0.25, 0.3) is 16.7 Å². The molecule has 0 saturated carbocycles. The highest BCUT2D eigenvalue weighted by Crippen LogP contribution is 2.41. The minimum absolute atomic E-state index is 0.213. The van der Waals surface area contributed by atoms with Crippen LogP contribution in [0.15, 0.2) is 65.6 Å². The molecule has 0 spiro atoms. The smallest absolute Gasteiger partial charge is 0.258 e. The normalized spacial score (nSPS) is 11.6. The van der Waals surface area contributed by atoms with Gasteiger partial charge in [-0.05, 0) is 53.0 Å². The number of pyridine rings is 1. The molecule has 2 aromatic heterocycles. The molecule has 0 unspecified atom stereocenters. The zero-order valence-corrected chi connectivity index (χ0v) is 25.6. The third kappa shape index (κ3) is 5.47. The molecule has 8 heteroatoms. The number of fused-ring (bicyclic) bond motifs is 1. The van der Waals surface area contributed by atoms with Crippen molar-refractivity contribution in [2.45, 2.75) is 58.2 Å². The summed E-state index contributed by atoms with van der Waals surface area (Å²) in [7, 11) is 1.20. The lowest BCUT2D eigenvalue weighted by molar-refractivity contribution is 0.414. The Morgan fingerprint density at radius 2 is 1.55 bits per heavy atom. The first-order valence-electron chi connectivity index (χ1n) is 13.6. The largest absolute Gasteiger partial charge is 0.497 e. The maximum absolute atomic E-state index is 13.7. The number of ether oxygens (including phenoxy) is 2. The van der Waals surface area contributed by atoms with E-state index in [4.69, 9.17) is 14.5 Å². The van der Waals surface area contributed by atoms with E-state index >= 15 is 0 Å². The van der Waals surface area contributed by atoms with Gasteiger partial charge in [0, 0.05) is 17.8 Å². The summed E-state index contributed by atoms with van der Waals surface area (Å²) >= 11 is 0. The van der Waals surface area contributed by atoms with E-state index in [1.807, 2.05) is 48.5 Å². The standard InChI is InChI=1S/C32H38N4O3Si/c1-21(2)40(22(3)4,23(5)6)18-17-24-19-30(37)36(25-13-15-26(38-7)16-14-25)31-27(24)20-33-32(35-31)34-28-11-9-10-12-29(28)39-8/h9-16,19-23H,1-8H3,(H,33,34,35). The third-order valence-corrected chi connectivity index (χ3v) is 14.0. The van der Waals surface area contributed by atoms with Crippen molar-refractivity contribution < 1.29 is 9.47 Å². The van der Waals surface area contributed by atoms with Gasteiger partial charge in [0.1, 0.15) is 19.6 Å². The molecule has 2 aromatic carbocycles. The topological polar surface area (TPSA) is 78.3 Å². The summed E-state index contributed by atoms with van der Waals surface area (Å²) in [6, 6.07) is 16.5. The van der Waals surface area contributed by atoms with Crippen LogP contribution in [0, 0.1) is 11.5 Å². The Morgan fingerprint density at radius 1 is 0.900 bits per heavy atom. The Hall–Kier alpha value is -4.09. The molecule has 4 rings (SSSR count). The zero-order chi connectivity index (χ0) is 29.0. The maximum atomic E-state index is 13.7. The van der Waals surface area contributed by atoms with E-state index in [0.717, 1.165) is 5.69 Å². The van der Waals surface area contributed by atoms with Crippen LogP contribution in [0.4, 0.5) is 11.6 Å². The lowest BCUT2D eigenvalue weighted by Gasteiger charge is -2.38. The Bertz CT molecular complexity index is 1590. The van der Waals surface area contributed by atoms with Gasteiger partial charge in [0.15, 0.2) is 5.65 Å². The van der Waals surface area contributed by atoms with Crippen molar-refractivity contribution in [1.82, 2.24) is 14.5 Å². The van der Waals surface area contributed by atoms with Gasteiger partial charge in [-0.15, -0.1) is 5.54 Å². The van der Waals surface area contributed by atoms with Crippen molar-refractivity contribution >= 4 is 30.7 Å². The highest BCUT2D eigenvalue weighted by Gasteiger charge is 2.41. The van der Waals surface area contributed by atoms with E-state index in [2.05, 4.69) is 63.3 Å². The second kappa shape index (κ2) is 12.0. The first-order chi connectivity index (χ1) is 19.1. The number of anilines is 2. The summed E-state index contributed by atoms with van der Waals surface area (Å²) in [5.41, 5.74) is 7.46. The molecule has 7 nitrogen and oxygen atoms in total. The molecule has 0 amide bonds. The maximum Gasteiger partial charge on any atom is 0.258 e. The summed E-state index contributed by atoms with van der Waals surface area (Å²) < 4.78 is 12.4. The van der Waals surface area contributed by atoms with E-state index in [0.29, 0.717) is 56.4 Å². The molecule has 208 valence electrons. The van der Waals surface area contributed by atoms with Gasteiger partial charge in [-0.2, -0.15) is 4.98 Å². The summed E-state index contributed by atoms with van der Waals surface area (Å²) in [4.78, 5) is 23.1. The predicted octanol–water partition coefficient (Wildman–Crippen LogP) is 7.11. The number of nitrogens with zero attached hydrogens (tertiary/aromatic N) is 3. The van der Waals surface area contributed by atoms with Crippen molar-refractivity contribution in [3.8, 4) is 28.7 Å². The molecule has 0 bridgehead atoms. The lowest BCUT2D eigenvalue weighted by Crippen LogP contribution is -2.43. The van der Waals surface area contributed by atoms with Gasteiger partial charge in [0.2, 0.25) is 5.95 Å². The van der Waals surface area contributed by atoms with Crippen molar-refractivity contribution in [3.63, 3.8) is 0 Å². The monoisotopic (exact) mass is 554 g/mol. The lowest BCUT2D eigenvalue weighted by atomic mass is 10.2. The number of hydrogen-bond acceptors (Lipinski definition) is 6. The molecular formula is C32H38N4O3Si. The average molecular weight is 555 g/mol. The molecule has 0 aliphatic carbocycles. The van der Waals surface area contributed by atoms with E-state index in [9.17, 15) is 4.79 Å². The van der Waals surface area contributed by atoms with E-state index in [-0.39, 0.29) is 5.56 Å². The van der Waals surface area contributed by atoms with E-state index in [1.165, 1.54) is 0 Å². The zero-order valence-electron chi connectivity index (χ0n) is 24.6. The van der Waals surface area contributed by atoms with E-state index in [1.54, 1.807) is 31.0 Å². The number of hydrogen-bond donors (Lipinski definition) is 1. The number of methoxy groups -OCH3 is 2. The minimum Gasteiger partial charge on any atom is -0.497 e. The van der Waals surface area contributed by atoms with Gasteiger partial charge in [0.05, 0.1) is 31.0 Å². The number of nitrogens with one attached hydrogen (secondary N) is 1. The van der Waals surface area contributed by atoms with Crippen molar-refractivity contribution in [2.75, 3.05) is 19.5 Å². The first kappa shape index (κ1) is 28.9. The summed E-state index contributed by atoms with van der Waals surface area (Å²) in [6.45, 7) is 13.7. The van der Waals surface area contributed by atoms with Crippen LogP contribution in [0.2, 0.25) is 16.6 Å². The molecule has 0 aliphatic heterocycles. The fraction of sp³-hybridized carbons (Fsp3) is 0.344. The second-order valence-corrected chi connectivity index (χ2v) is 16.4. The minimum atomic E-state index is -2.03. The summed E-state index contributed by atoms with van der Waals surface area (Å²) in [5, 5.41) is 3.96. The molecular weight excluding hydrogens is 516 g/mol. The fourth-order valence-corrected chi connectivity index (χ4v) is 10.9. The van der Waals surface area contributed by atoms with Crippen LogP contribution < -0.4 is 20.3 Å². The molecule has 1 N–H and O–H groups in total.